The van der Waals surface area contributed by atoms with Crippen LogP contribution in [0.25, 0.3) is 22.6 Å². The lowest BCUT2D eigenvalue weighted by Crippen LogP contribution is -2.09. The largest absolute Gasteiger partial charge is 0.352 e. The number of nitrogens with one attached hydrogen (secondary N) is 1. The van der Waals surface area contributed by atoms with Crippen molar-refractivity contribution in [3.05, 3.63) is 47.1 Å². The van der Waals surface area contributed by atoms with Crippen LogP contribution in [0.15, 0.2) is 30.5 Å². The number of anilines is 3. The number of rotatable bonds is 6. The number of hydrogen-bond acceptors (Lipinski definition) is 6. The van der Waals surface area contributed by atoms with Crippen molar-refractivity contribution in [2.75, 3.05) is 22.9 Å². The van der Waals surface area contributed by atoms with Crippen LogP contribution in [0.2, 0.25) is 5.15 Å². The minimum atomic E-state index is 0.436. The van der Waals surface area contributed by atoms with Crippen LogP contribution in [-0.2, 0) is 7.05 Å². The van der Waals surface area contributed by atoms with E-state index in [0.29, 0.717) is 11.5 Å². The van der Waals surface area contributed by atoms with Gasteiger partial charge in [-0.25, -0.2) is 15.0 Å². The molecule has 0 amide bonds. The van der Waals surface area contributed by atoms with Crippen molar-refractivity contribution in [1.29, 1.82) is 0 Å². The molecule has 0 bridgehead atoms. The van der Waals surface area contributed by atoms with Crippen molar-refractivity contribution in [1.82, 2.24) is 23.9 Å². The van der Waals surface area contributed by atoms with Gasteiger partial charge in [-0.3, -0.25) is 4.34 Å². The summed E-state index contributed by atoms with van der Waals surface area (Å²) in [7, 11) is 4.08. The van der Waals surface area contributed by atoms with Gasteiger partial charge in [0.2, 0.25) is 0 Å². The normalized spacial score (nSPS) is 11.7. The molecule has 0 aliphatic carbocycles. The van der Waals surface area contributed by atoms with Crippen molar-refractivity contribution in [3.63, 3.8) is 0 Å². The Morgan fingerprint density at radius 1 is 1.19 bits per heavy atom. The van der Waals surface area contributed by atoms with Crippen molar-refractivity contribution in [2.24, 2.45) is 7.05 Å². The molecule has 1 N–H and O–H groups in total. The molecule has 1 aromatic carbocycles. The van der Waals surface area contributed by atoms with Crippen molar-refractivity contribution >= 4 is 80.2 Å². The molecule has 4 aromatic rings. The third-order valence-electron chi connectivity index (χ3n) is 5.20. The second-order valence-corrected chi connectivity index (χ2v) is 10.4. The van der Waals surface area contributed by atoms with E-state index in [-0.39, 0.29) is 0 Å². The topological polar surface area (TPSA) is 63.8 Å². The molecule has 0 saturated heterocycles. The number of fused-ring (bicyclic) bond motifs is 1. The van der Waals surface area contributed by atoms with Crippen LogP contribution in [0.1, 0.15) is 11.5 Å². The van der Waals surface area contributed by atoms with Gasteiger partial charge in [0.1, 0.15) is 22.3 Å². The molecule has 1 atom stereocenters. The molecule has 31 heavy (non-hydrogen) atoms. The van der Waals surface area contributed by atoms with Gasteiger partial charge in [0.05, 0.1) is 23.4 Å². The quantitative estimate of drug-likeness (QED) is 0.123. The molecule has 0 aliphatic heterocycles. The number of nitrogens with zero attached hydrogens (tertiary/aromatic N) is 6. The first-order valence-corrected chi connectivity index (χ1v) is 15.1. The Labute approximate surface area is 205 Å². The number of pyridine rings is 1. The van der Waals surface area contributed by atoms with Gasteiger partial charge in [0.15, 0.2) is 5.65 Å². The zero-order chi connectivity index (χ0) is 22.3. The molecule has 0 fully saturated rings. The van der Waals surface area contributed by atoms with Crippen LogP contribution in [-0.4, -0.2) is 37.2 Å². The summed E-state index contributed by atoms with van der Waals surface area (Å²) >= 11 is 10.3. The van der Waals surface area contributed by atoms with Gasteiger partial charge >= 0.3 is 0 Å². The smallest absolute Gasteiger partial charge is 0.167 e. The number of aryl methyl sites for hydroxylation is 2. The highest BCUT2D eigenvalue weighted by Gasteiger charge is 2.17. The monoisotopic (exact) mass is 585 g/mol. The molecule has 0 radical (unpaired) electrons. The van der Waals surface area contributed by atoms with Crippen LogP contribution >= 0.6 is 52.0 Å². The summed E-state index contributed by atoms with van der Waals surface area (Å²) in [5.41, 5.74) is 6.61. The number of hydrogen-bond donors (Lipinski definition) is 1. The van der Waals surface area contributed by atoms with E-state index in [9.17, 15) is 0 Å². The Hall–Kier alpha value is -1.55. The molecule has 1 unspecified atom stereocenters. The number of benzene rings is 1. The highest BCUT2D eigenvalue weighted by molar-refractivity contribution is 14.2. The van der Waals surface area contributed by atoms with Crippen LogP contribution in [0.5, 0.6) is 0 Å². The summed E-state index contributed by atoms with van der Waals surface area (Å²) in [6.45, 7) is 4.04. The molecule has 0 spiro atoms. The van der Waals surface area contributed by atoms with Gasteiger partial charge in [-0.1, -0.05) is 23.5 Å². The third-order valence-corrected chi connectivity index (χ3v) is 8.29. The molecule has 4 rings (SSSR count). The second kappa shape index (κ2) is 9.13. The van der Waals surface area contributed by atoms with Crippen molar-refractivity contribution in [2.45, 2.75) is 13.8 Å². The molecule has 0 aliphatic rings. The van der Waals surface area contributed by atoms with E-state index in [2.05, 4.69) is 81.9 Å². The molecule has 3 aromatic heterocycles. The van der Waals surface area contributed by atoms with Crippen LogP contribution < -0.4 is 9.62 Å². The maximum absolute atomic E-state index is 6.37. The number of imidazole rings is 2. The van der Waals surface area contributed by atoms with E-state index in [1.165, 1.54) is 0 Å². The second-order valence-electron chi connectivity index (χ2n) is 7.06. The molecule has 162 valence electrons. The minimum absolute atomic E-state index is 0.436. The van der Waals surface area contributed by atoms with Gasteiger partial charge in [-0.2, -0.15) is 0 Å². The van der Waals surface area contributed by atoms with Gasteiger partial charge in [-0.15, -0.1) is 0 Å². The fourth-order valence-corrected chi connectivity index (χ4v) is 6.04. The summed E-state index contributed by atoms with van der Waals surface area (Å²) in [5.74, 6) is 1.86. The van der Waals surface area contributed by atoms with Gasteiger partial charge in [0, 0.05) is 43.9 Å². The summed E-state index contributed by atoms with van der Waals surface area (Å²) < 4.78 is 6.30. The van der Waals surface area contributed by atoms with Crippen molar-refractivity contribution in [3.8, 4) is 11.4 Å². The molecule has 0 saturated carbocycles. The minimum Gasteiger partial charge on any atom is -0.352 e. The summed E-state index contributed by atoms with van der Waals surface area (Å²) in [6, 6.07) is 8.13. The number of halogens is 2. The van der Waals surface area contributed by atoms with E-state index >= 15 is 0 Å². The summed E-state index contributed by atoms with van der Waals surface area (Å²) in [4.78, 5) is 13.8. The Morgan fingerprint density at radius 2 is 1.97 bits per heavy atom. The first kappa shape index (κ1) is 22.6. The Kier molecular flexibility index (Phi) is 6.67. The maximum atomic E-state index is 6.37. The Bertz CT molecular complexity index is 1270. The molecule has 11 heteroatoms. The average molecular weight is 586 g/mol. The van der Waals surface area contributed by atoms with E-state index in [1.807, 2.05) is 33.3 Å². The lowest BCUT2D eigenvalue weighted by atomic mass is 10.1. The van der Waals surface area contributed by atoms with E-state index in [0.717, 1.165) is 51.1 Å². The lowest BCUT2D eigenvalue weighted by Gasteiger charge is -2.21. The number of aromatic nitrogens is 5. The fourth-order valence-electron chi connectivity index (χ4n) is 3.37. The Balaban J connectivity index is 1.82. The zero-order valence-corrected chi connectivity index (χ0v) is 22.5. The average Bonchev–Trinajstić information content (AvgIpc) is 3.26. The third kappa shape index (κ3) is 4.25. The van der Waals surface area contributed by atoms with Crippen molar-refractivity contribution < 1.29 is 0 Å². The standard InChI is InChI=1S/C20H22ClIN7PS/c1-11-10-23-19(27(11)3)13-6-7-14(16(8-13)28(4)31-5)25-15-9-17(21)26-20-18(15)24-12(2)29(20)30-22/h6-10,30H,1-5H3,(H,25,26). The maximum Gasteiger partial charge on any atom is 0.167 e. The van der Waals surface area contributed by atoms with Crippen LogP contribution in [0.3, 0.4) is 0 Å². The van der Waals surface area contributed by atoms with E-state index < -0.39 is 0 Å². The molecule has 7 nitrogen and oxygen atoms in total. The highest BCUT2D eigenvalue weighted by Crippen LogP contribution is 2.38. The molecule has 3 heterocycles. The van der Waals surface area contributed by atoms with E-state index in [1.54, 1.807) is 11.9 Å². The predicted molar refractivity (Wildman–Crippen MR) is 144 cm³/mol. The van der Waals surface area contributed by atoms with E-state index in [4.69, 9.17) is 16.6 Å². The predicted octanol–water partition coefficient (Wildman–Crippen LogP) is 6.35. The first-order valence-electron chi connectivity index (χ1n) is 9.44. The van der Waals surface area contributed by atoms with Gasteiger partial charge in [-0.05, 0) is 54.1 Å². The van der Waals surface area contributed by atoms with Gasteiger partial charge < -0.3 is 14.2 Å². The first-order chi connectivity index (χ1) is 14.8. The summed E-state index contributed by atoms with van der Waals surface area (Å²) in [5, 5.41) is 3.99. The van der Waals surface area contributed by atoms with Gasteiger partial charge in [0.25, 0.3) is 0 Å². The zero-order valence-electron chi connectivity index (χ0n) is 17.7. The highest BCUT2D eigenvalue weighted by atomic mass is 127. The van der Waals surface area contributed by atoms with Crippen LogP contribution in [0.4, 0.5) is 17.1 Å². The fraction of sp³-hybridized carbons (Fsp3) is 0.250. The van der Waals surface area contributed by atoms with Crippen LogP contribution in [0, 0.1) is 13.8 Å². The molecular weight excluding hydrogens is 564 g/mol. The lowest BCUT2D eigenvalue weighted by molar-refractivity contribution is 0.884. The summed E-state index contributed by atoms with van der Waals surface area (Å²) in [6.07, 6.45) is 4.44. The SMILES string of the molecule is CSN(C)c1cc(-c2ncc(C)n2C)ccc1Nc1cc(Cl)nc2c1nc(C)n2PI. The Morgan fingerprint density at radius 3 is 2.61 bits per heavy atom. The molecular formula is C20H22ClIN7PS.